The first-order valence-corrected chi connectivity index (χ1v) is 7.22. The smallest absolute Gasteiger partial charge is 0.254 e. The minimum Gasteiger partial charge on any atom is -0.378 e. The third-order valence-electron chi connectivity index (χ3n) is 3.90. The van der Waals surface area contributed by atoms with E-state index in [1.165, 1.54) is 0 Å². The van der Waals surface area contributed by atoms with Crippen molar-refractivity contribution in [3.63, 3.8) is 0 Å². The third-order valence-corrected chi connectivity index (χ3v) is 3.90. The van der Waals surface area contributed by atoms with Crippen molar-refractivity contribution < 1.29 is 4.79 Å². The lowest BCUT2D eigenvalue weighted by molar-refractivity contribution is 0.0578. The standard InChI is InChI=1S/C16H25N3O/c1-16(2)12-17-10-5-11-19(16)15(20)13-6-8-14(9-7-13)18(3)4/h6-9,17H,5,10-12H2,1-4H3. The summed E-state index contributed by atoms with van der Waals surface area (Å²) in [6.45, 7) is 6.88. The van der Waals surface area contributed by atoms with Crippen molar-refractivity contribution >= 4 is 11.6 Å². The second kappa shape index (κ2) is 5.83. The van der Waals surface area contributed by atoms with E-state index in [1.54, 1.807) is 0 Å². The lowest BCUT2D eigenvalue weighted by atomic mass is 10.0. The van der Waals surface area contributed by atoms with Gasteiger partial charge in [-0.3, -0.25) is 4.79 Å². The molecule has 0 spiro atoms. The van der Waals surface area contributed by atoms with Crippen LogP contribution in [-0.4, -0.2) is 50.1 Å². The molecule has 1 N–H and O–H groups in total. The molecule has 0 aromatic heterocycles. The summed E-state index contributed by atoms with van der Waals surface area (Å²) < 4.78 is 0. The number of carbonyl (C=O) groups is 1. The van der Waals surface area contributed by atoms with Gasteiger partial charge in [0.05, 0.1) is 0 Å². The molecule has 1 aromatic carbocycles. The molecule has 1 saturated heterocycles. The zero-order valence-electron chi connectivity index (χ0n) is 12.9. The lowest BCUT2D eigenvalue weighted by Gasteiger charge is -2.37. The SMILES string of the molecule is CN(C)c1ccc(C(=O)N2CCCNCC2(C)C)cc1. The summed E-state index contributed by atoms with van der Waals surface area (Å²) in [4.78, 5) is 16.8. The van der Waals surface area contributed by atoms with Crippen LogP contribution in [-0.2, 0) is 0 Å². The molecule has 1 heterocycles. The molecule has 2 rings (SSSR count). The predicted octanol–water partition coefficient (Wildman–Crippen LogP) is 1.97. The van der Waals surface area contributed by atoms with Crippen LogP contribution in [0.5, 0.6) is 0 Å². The fourth-order valence-corrected chi connectivity index (χ4v) is 2.59. The fraction of sp³-hybridized carbons (Fsp3) is 0.562. The molecule has 0 atom stereocenters. The number of hydrogen-bond acceptors (Lipinski definition) is 3. The van der Waals surface area contributed by atoms with Crippen LogP contribution in [0, 0.1) is 0 Å². The zero-order chi connectivity index (χ0) is 14.8. The number of hydrogen-bond donors (Lipinski definition) is 1. The molecule has 1 aliphatic rings. The molecule has 0 aliphatic carbocycles. The minimum atomic E-state index is -0.145. The van der Waals surface area contributed by atoms with Gasteiger partial charge in [-0.05, 0) is 51.1 Å². The van der Waals surface area contributed by atoms with E-state index in [0.717, 1.165) is 37.3 Å². The van der Waals surface area contributed by atoms with Crippen molar-refractivity contribution in [1.29, 1.82) is 0 Å². The van der Waals surface area contributed by atoms with Crippen LogP contribution < -0.4 is 10.2 Å². The minimum absolute atomic E-state index is 0.129. The van der Waals surface area contributed by atoms with Gasteiger partial charge < -0.3 is 15.1 Å². The van der Waals surface area contributed by atoms with Crippen molar-refractivity contribution in [2.24, 2.45) is 0 Å². The molecule has 0 unspecified atom stereocenters. The first-order chi connectivity index (χ1) is 9.42. The Morgan fingerprint density at radius 2 is 1.90 bits per heavy atom. The van der Waals surface area contributed by atoms with Crippen LogP contribution in [0.25, 0.3) is 0 Å². The number of nitrogens with one attached hydrogen (secondary N) is 1. The Kier molecular flexibility index (Phi) is 4.33. The van der Waals surface area contributed by atoms with E-state index < -0.39 is 0 Å². The Morgan fingerprint density at radius 1 is 1.25 bits per heavy atom. The number of benzene rings is 1. The summed E-state index contributed by atoms with van der Waals surface area (Å²) in [6, 6.07) is 7.84. The van der Waals surface area contributed by atoms with Crippen molar-refractivity contribution in [3.05, 3.63) is 29.8 Å². The molecule has 0 saturated carbocycles. The van der Waals surface area contributed by atoms with Crippen molar-refractivity contribution in [3.8, 4) is 0 Å². The van der Waals surface area contributed by atoms with Gasteiger partial charge in [-0.1, -0.05) is 0 Å². The maximum absolute atomic E-state index is 12.7. The van der Waals surface area contributed by atoms with Crippen LogP contribution in [0.3, 0.4) is 0 Å². The number of nitrogens with zero attached hydrogens (tertiary/aromatic N) is 2. The summed E-state index contributed by atoms with van der Waals surface area (Å²) in [6.07, 6.45) is 1.00. The molecule has 4 heteroatoms. The van der Waals surface area contributed by atoms with Crippen LogP contribution >= 0.6 is 0 Å². The topological polar surface area (TPSA) is 35.6 Å². The predicted molar refractivity (Wildman–Crippen MR) is 83.4 cm³/mol. The summed E-state index contributed by atoms with van der Waals surface area (Å²) >= 11 is 0. The molecule has 1 aromatic rings. The number of anilines is 1. The molecular formula is C16H25N3O. The maximum Gasteiger partial charge on any atom is 0.254 e. The van der Waals surface area contributed by atoms with Crippen LogP contribution in [0.4, 0.5) is 5.69 Å². The molecular weight excluding hydrogens is 250 g/mol. The Balaban J connectivity index is 2.20. The van der Waals surface area contributed by atoms with Gasteiger partial charge in [0.2, 0.25) is 0 Å². The first-order valence-electron chi connectivity index (χ1n) is 7.22. The van der Waals surface area contributed by atoms with E-state index in [1.807, 2.05) is 48.2 Å². The Labute approximate surface area is 121 Å². The highest BCUT2D eigenvalue weighted by atomic mass is 16.2. The third kappa shape index (κ3) is 3.12. The van der Waals surface area contributed by atoms with E-state index >= 15 is 0 Å². The van der Waals surface area contributed by atoms with Crippen LogP contribution in [0.1, 0.15) is 30.6 Å². The van der Waals surface area contributed by atoms with E-state index in [4.69, 9.17) is 0 Å². The van der Waals surface area contributed by atoms with Crippen LogP contribution in [0.2, 0.25) is 0 Å². The van der Waals surface area contributed by atoms with Gasteiger partial charge >= 0.3 is 0 Å². The molecule has 1 aliphatic heterocycles. The van der Waals surface area contributed by atoms with Gasteiger partial charge in [-0.2, -0.15) is 0 Å². The number of rotatable bonds is 2. The summed E-state index contributed by atoms with van der Waals surface area (Å²) in [5.74, 6) is 0.129. The number of carbonyl (C=O) groups excluding carboxylic acids is 1. The Morgan fingerprint density at radius 3 is 2.50 bits per heavy atom. The second-order valence-electron chi connectivity index (χ2n) is 6.24. The molecule has 0 bridgehead atoms. The highest BCUT2D eigenvalue weighted by molar-refractivity contribution is 5.95. The summed E-state index contributed by atoms with van der Waals surface area (Å²) in [5, 5.41) is 3.40. The zero-order valence-corrected chi connectivity index (χ0v) is 12.9. The average Bonchev–Trinajstić information content (AvgIpc) is 2.58. The van der Waals surface area contributed by atoms with Gasteiger partial charge in [-0.25, -0.2) is 0 Å². The quantitative estimate of drug-likeness (QED) is 0.896. The van der Waals surface area contributed by atoms with Gasteiger partial charge in [0, 0.05) is 44.0 Å². The summed E-state index contributed by atoms with van der Waals surface area (Å²) in [7, 11) is 4.00. The first kappa shape index (κ1) is 14.9. The Bertz CT molecular complexity index is 465. The highest BCUT2D eigenvalue weighted by Crippen LogP contribution is 2.21. The molecule has 1 fully saturated rings. The normalized spacial score (nSPS) is 18.5. The highest BCUT2D eigenvalue weighted by Gasteiger charge is 2.32. The van der Waals surface area contributed by atoms with Gasteiger partial charge in [0.15, 0.2) is 0 Å². The van der Waals surface area contributed by atoms with Crippen molar-refractivity contribution in [1.82, 2.24) is 10.2 Å². The molecule has 20 heavy (non-hydrogen) atoms. The van der Waals surface area contributed by atoms with E-state index in [2.05, 4.69) is 19.2 Å². The Hall–Kier alpha value is -1.55. The number of amides is 1. The fourth-order valence-electron chi connectivity index (χ4n) is 2.59. The van der Waals surface area contributed by atoms with Crippen molar-refractivity contribution in [2.45, 2.75) is 25.8 Å². The monoisotopic (exact) mass is 275 g/mol. The van der Waals surface area contributed by atoms with Gasteiger partial charge in [0.25, 0.3) is 5.91 Å². The maximum atomic E-state index is 12.7. The average molecular weight is 275 g/mol. The van der Waals surface area contributed by atoms with E-state index in [9.17, 15) is 4.79 Å². The van der Waals surface area contributed by atoms with Gasteiger partial charge in [0.1, 0.15) is 0 Å². The molecule has 110 valence electrons. The summed E-state index contributed by atoms with van der Waals surface area (Å²) in [5.41, 5.74) is 1.73. The van der Waals surface area contributed by atoms with Crippen LogP contribution in [0.15, 0.2) is 24.3 Å². The molecule has 1 amide bonds. The van der Waals surface area contributed by atoms with E-state index in [0.29, 0.717) is 0 Å². The molecule has 4 nitrogen and oxygen atoms in total. The lowest BCUT2D eigenvalue weighted by Crippen LogP contribution is -2.51. The second-order valence-corrected chi connectivity index (χ2v) is 6.24. The van der Waals surface area contributed by atoms with Gasteiger partial charge in [-0.15, -0.1) is 0 Å². The molecule has 0 radical (unpaired) electrons. The van der Waals surface area contributed by atoms with E-state index in [-0.39, 0.29) is 11.4 Å². The van der Waals surface area contributed by atoms with Crippen molar-refractivity contribution in [2.75, 3.05) is 38.6 Å². The largest absolute Gasteiger partial charge is 0.378 e.